The van der Waals surface area contributed by atoms with Gasteiger partial charge in [0.2, 0.25) is 5.91 Å². The summed E-state index contributed by atoms with van der Waals surface area (Å²) in [5.74, 6) is 1.42. The molecule has 0 saturated heterocycles. The highest BCUT2D eigenvalue weighted by molar-refractivity contribution is 7.99. The minimum atomic E-state index is -0.150. The van der Waals surface area contributed by atoms with Crippen LogP contribution >= 0.6 is 34.7 Å². The first-order valence-corrected chi connectivity index (χ1v) is 12.8. The highest BCUT2D eigenvalue weighted by atomic mass is 35.5. The fourth-order valence-corrected chi connectivity index (χ4v) is 4.68. The lowest BCUT2D eigenvalue weighted by atomic mass is 10.1. The molecule has 0 aliphatic carbocycles. The molecule has 0 fully saturated rings. The van der Waals surface area contributed by atoms with Gasteiger partial charge in [-0.3, -0.25) is 4.79 Å². The summed E-state index contributed by atoms with van der Waals surface area (Å²) in [5.41, 5.74) is 5.29. The van der Waals surface area contributed by atoms with Crippen LogP contribution in [0.5, 0.6) is 5.75 Å². The molecule has 34 heavy (non-hydrogen) atoms. The number of thioether (sulfide) groups is 1. The Bertz CT molecular complexity index is 1330. The Morgan fingerprint density at radius 2 is 1.94 bits per heavy atom. The highest BCUT2D eigenvalue weighted by Gasteiger charge is 2.14. The van der Waals surface area contributed by atoms with Crippen molar-refractivity contribution >= 4 is 45.7 Å². The van der Waals surface area contributed by atoms with E-state index in [9.17, 15) is 4.79 Å². The van der Waals surface area contributed by atoms with E-state index in [1.165, 1.54) is 34.2 Å². The first-order chi connectivity index (χ1) is 16.3. The molecule has 0 unspecified atom stereocenters. The summed E-state index contributed by atoms with van der Waals surface area (Å²) in [7, 11) is 1.85. The van der Waals surface area contributed by atoms with E-state index in [4.69, 9.17) is 16.3 Å². The Kier molecular flexibility index (Phi) is 7.55. The van der Waals surface area contributed by atoms with Crippen molar-refractivity contribution in [2.24, 2.45) is 7.05 Å². The van der Waals surface area contributed by atoms with Gasteiger partial charge in [-0.25, -0.2) is 4.98 Å². The summed E-state index contributed by atoms with van der Waals surface area (Å²) in [6.07, 6.45) is 0. The number of nitrogens with one attached hydrogen (secondary N) is 1. The molecule has 0 saturated carbocycles. The minimum absolute atomic E-state index is 0.150. The molecule has 2 heterocycles. The van der Waals surface area contributed by atoms with Crippen LogP contribution in [0.4, 0.5) is 5.13 Å². The van der Waals surface area contributed by atoms with Crippen molar-refractivity contribution in [3.8, 4) is 17.0 Å². The van der Waals surface area contributed by atoms with Gasteiger partial charge >= 0.3 is 0 Å². The van der Waals surface area contributed by atoms with Gasteiger partial charge in [0.1, 0.15) is 12.4 Å². The first-order valence-electron chi connectivity index (χ1n) is 10.5. The van der Waals surface area contributed by atoms with Crippen LogP contribution < -0.4 is 10.1 Å². The van der Waals surface area contributed by atoms with Gasteiger partial charge < -0.3 is 14.6 Å². The number of anilines is 1. The molecule has 0 aliphatic heterocycles. The molecular formula is C24H24ClN5O2S2. The number of carbonyl (C=O) groups is 1. The van der Waals surface area contributed by atoms with Crippen LogP contribution in [0.1, 0.15) is 22.5 Å². The summed E-state index contributed by atoms with van der Waals surface area (Å²) in [6, 6.07) is 11.7. The monoisotopic (exact) mass is 513 g/mol. The number of rotatable bonds is 8. The van der Waals surface area contributed by atoms with E-state index in [0.29, 0.717) is 26.9 Å². The van der Waals surface area contributed by atoms with Crippen molar-refractivity contribution in [3.05, 3.63) is 69.3 Å². The Labute approximate surface area is 211 Å². The number of aromatic nitrogens is 4. The third-order valence-electron chi connectivity index (χ3n) is 5.31. The van der Waals surface area contributed by atoms with Crippen molar-refractivity contribution in [2.75, 3.05) is 11.1 Å². The number of hydrogen-bond acceptors (Lipinski definition) is 7. The number of halogens is 1. The molecule has 2 aromatic heterocycles. The van der Waals surface area contributed by atoms with E-state index in [1.54, 1.807) is 6.07 Å². The molecular weight excluding hydrogens is 490 g/mol. The van der Waals surface area contributed by atoms with Gasteiger partial charge in [0.25, 0.3) is 0 Å². The number of aryl methyl sites for hydroxylation is 3. The zero-order chi connectivity index (χ0) is 24.2. The van der Waals surface area contributed by atoms with Gasteiger partial charge in [0.15, 0.2) is 16.1 Å². The fourth-order valence-electron chi connectivity index (χ4n) is 3.10. The number of carbonyl (C=O) groups excluding carboxylic acids is 1. The van der Waals surface area contributed by atoms with Gasteiger partial charge in [-0.15, -0.1) is 21.5 Å². The topological polar surface area (TPSA) is 81.9 Å². The van der Waals surface area contributed by atoms with E-state index in [0.717, 1.165) is 16.8 Å². The molecule has 10 heteroatoms. The Morgan fingerprint density at radius 3 is 2.71 bits per heavy atom. The van der Waals surface area contributed by atoms with Crippen LogP contribution in [-0.2, 0) is 18.4 Å². The Hall–Kier alpha value is -2.88. The number of nitrogens with zero attached hydrogens (tertiary/aromatic N) is 4. The molecule has 0 aliphatic rings. The fraction of sp³-hybridized carbons (Fsp3) is 0.250. The maximum Gasteiger partial charge on any atom is 0.236 e. The lowest BCUT2D eigenvalue weighted by Crippen LogP contribution is -2.14. The van der Waals surface area contributed by atoms with Crippen LogP contribution in [0.2, 0.25) is 5.02 Å². The molecule has 0 radical (unpaired) electrons. The quantitative estimate of drug-likeness (QED) is 0.299. The molecule has 0 atom stereocenters. The van der Waals surface area contributed by atoms with E-state index in [1.807, 2.05) is 42.1 Å². The number of hydrogen-bond donors (Lipinski definition) is 1. The van der Waals surface area contributed by atoms with Gasteiger partial charge in [0.05, 0.1) is 11.4 Å². The van der Waals surface area contributed by atoms with Crippen molar-refractivity contribution in [1.82, 2.24) is 19.7 Å². The molecule has 7 nitrogen and oxygen atoms in total. The third-order valence-corrected chi connectivity index (χ3v) is 7.51. The summed E-state index contributed by atoms with van der Waals surface area (Å²) in [4.78, 5) is 17.0. The average molecular weight is 514 g/mol. The standard InChI is InChI=1S/C24H24ClN5O2S2/c1-14-5-6-17(9-15(14)2)20-12-33-23(26-20)27-22(31)13-34-24-29-28-21(30(24)4)11-32-18-7-8-19(25)16(3)10-18/h5-10,12H,11,13H2,1-4H3,(H,26,27,31). The number of thiazole rings is 1. The second kappa shape index (κ2) is 10.6. The van der Waals surface area contributed by atoms with Crippen LogP contribution in [0, 0.1) is 20.8 Å². The van der Waals surface area contributed by atoms with Crippen LogP contribution in [-0.4, -0.2) is 31.4 Å². The predicted molar refractivity (Wildman–Crippen MR) is 138 cm³/mol. The van der Waals surface area contributed by atoms with Gasteiger partial charge in [-0.1, -0.05) is 35.5 Å². The molecule has 0 spiro atoms. The Balaban J connectivity index is 1.30. The van der Waals surface area contributed by atoms with Crippen molar-refractivity contribution in [2.45, 2.75) is 32.5 Å². The first kappa shape index (κ1) is 24.3. The largest absolute Gasteiger partial charge is 0.486 e. The maximum atomic E-state index is 12.5. The molecule has 0 bridgehead atoms. The molecule has 4 aromatic rings. The minimum Gasteiger partial charge on any atom is -0.486 e. The van der Waals surface area contributed by atoms with E-state index >= 15 is 0 Å². The predicted octanol–water partition coefficient (Wildman–Crippen LogP) is 5.83. The van der Waals surface area contributed by atoms with E-state index in [-0.39, 0.29) is 18.3 Å². The molecule has 176 valence electrons. The SMILES string of the molecule is Cc1ccc(-c2csc(NC(=O)CSc3nnc(COc4ccc(Cl)c(C)c4)n3C)n2)cc1C. The third kappa shape index (κ3) is 5.78. The van der Waals surface area contributed by atoms with Crippen LogP contribution in [0.3, 0.4) is 0 Å². The summed E-state index contributed by atoms with van der Waals surface area (Å²) < 4.78 is 7.62. The summed E-state index contributed by atoms with van der Waals surface area (Å²) in [5, 5.41) is 15.1. The normalized spacial score (nSPS) is 11.0. The van der Waals surface area contributed by atoms with Gasteiger partial charge in [0, 0.05) is 23.0 Å². The van der Waals surface area contributed by atoms with Gasteiger partial charge in [-0.05, 0) is 61.7 Å². The maximum absolute atomic E-state index is 12.5. The van der Waals surface area contributed by atoms with Crippen molar-refractivity contribution in [1.29, 1.82) is 0 Å². The zero-order valence-corrected chi connectivity index (χ0v) is 21.6. The Morgan fingerprint density at radius 1 is 1.12 bits per heavy atom. The average Bonchev–Trinajstić information content (AvgIpc) is 3.41. The molecule has 1 N–H and O–H groups in total. The molecule has 2 aromatic carbocycles. The highest BCUT2D eigenvalue weighted by Crippen LogP contribution is 2.27. The van der Waals surface area contributed by atoms with E-state index in [2.05, 4.69) is 46.5 Å². The van der Waals surface area contributed by atoms with Gasteiger partial charge in [-0.2, -0.15) is 0 Å². The zero-order valence-electron chi connectivity index (χ0n) is 19.3. The number of ether oxygens (including phenoxy) is 1. The molecule has 1 amide bonds. The second-order valence-corrected chi connectivity index (χ2v) is 10.0. The van der Waals surface area contributed by atoms with Crippen molar-refractivity contribution < 1.29 is 9.53 Å². The van der Waals surface area contributed by atoms with E-state index < -0.39 is 0 Å². The molecule has 4 rings (SSSR count). The van der Waals surface area contributed by atoms with Crippen molar-refractivity contribution in [3.63, 3.8) is 0 Å². The number of benzene rings is 2. The summed E-state index contributed by atoms with van der Waals surface area (Å²) >= 11 is 8.77. The summed E-state index contributed by atoms with van der Waals surface area (Å²) in [6.45, 7) is 6.34. The smallest absolute Gasteiger partial charge is 0.236 e. The lowest BCUT2D eigenvalue weighted by molar-refractivity contribution is -0.113. The second-order valence-electron chi connectivity index (χ2n) is 7.83. The lowest BCUT2D eigenvalue weighted by Gasteiger charge is -2.08. The van der Waals surface area contributed by atoms with Crippen LogP contribution in [0.15, 0.2) is 46.9 Å². The van der Waals surface area contributed by atoms with Crippen LogP contribution in [0.25, 0.3) is 11.3 Å². The number of amides is 1.